The zero-order valence-electron chi connectivity index (χ0n) is 8.26. The first-order valence-corrected chi connectivity index (χ1v) is 4.78. The Kier molecular flexibility index (Phi) is 3.07. The summed E-state index contributed by atoms with van der Waals surface area (Å²) in [4.78, 5) is 11.3. The Bertz CT molecular complexity index is 203. The largest absolute Gasteiger partial charge is 0.300 e. The number of Topliss-reactive ketones (excluding diaryl/α,β-unsaturated/α-hetero) is 1. The molecule has 12 heavy (non-hydrogen) atoms. The molecule has 1 aliphatic carbocycles. The van der Waals surface area contributed by atoms with Crippen LogP contribution < -0.4 is 0 Å². The van der Waals surface area contributed by atoms with Crippen LogP contribution >= 0.6 is 0 Å². The lowest BCUT2D eigenvalue weighted by molar-refractivity contribution is -0.120. The molecule has 1 heteroatoms. The fourth-order valence-corrected chi connectivity index (χ4v) is 1.68. The van der Waals surface area contributed by atoms with E-state index in [2.05, 4.69) is 26.8 Å². The second kappa shape index (κ2) is 3.88. The lowest BCUT2D eigenvalue weighted by atomic mass is 9.85. The normalized spacial score (nSPS) is 32.2. The van der Waals surface area contributed by atoms with Gasteiger partial charge in [-0.25, -0.2) is 0 Å². The van der Waals surface area contributed by atoms with Crippen molar-refractivity contribution >= 4 is 5.78 Å². The standard InChI is InChI=1S/C11H18O/c1-8-4-5-11(12)7-10(3)9(2)6-8/h6,9-10H,4-5,7H2,1-3H3/t9-,10+/m1/s1. The van der Waals surface area contributed by atoms with Crippen LogP contribution in [0, 0.1) is 11.8 Å². The van der Waals surface area contributed by atoms with Gasteiger partial charge in [0.25, 0.3) is 0 Å². The Morgan fingerprint density at radius 3 is 2.67 bits per heavy atom. The first-order valence-electron chi connectivity index (χ1n) is 4.78. The molecule has 0 aromatic carbocycles. The Labute approximate surface area is 74.9 Å². The lowest BCUT2D eigenvalue weighted by Crippen LogP contribution is -2.14. The molecule has 0 unspecified atom stereocenters. The van der Waals surface area contributed by atoms with Crippen LogP contribution in [0.25, 0.3) is 0 Å². The summed E-state index contributed by atoms with van der Waals surface area (Å²) >= 11 is 0. The summed E-state index contributed by atoms with van der Waals surface area (Å²) in [6.07, 6.45) is 4.80. The number of allylic oxidation sites excluding steroid dienone is 2. The van der Waals surface area contributed by atoms with Crippen LogP contribution in [0.15, 0.2) is 11.6 Å². The zero-order chi connectivity index (χ0) is 9.14. The van der Waals surface area contributed by atoms with Crippen LogP contribution in [0.4, 0.5) is 0 Å². The average molecular weight is 166 g/mol. The third-order valence-corrected chi connectivity index (χ3v) is 2.79. The minimum atomic E-state index is 0.432. The number of carbonyl (C=O) groups excluding carboxylic acids is 1. The minimum Gasteiger partial charge on any atom is -0.300 e. The van der Waals surface area contributed by atoms with Crippen molar-refractivity contribution in [1.29, 1.82) is 0 Å². The van der Waals surface area contributed by atoms with Crippen LogP contribution in [0.5, 0.6) is 0 Å². The van der Waals surface area contributed by atoms with Crippen LogP contribution in [-0.4, -0.2) is 5.78 Å². The molecule has 68 valence electrons. The Morgan fingerprint density at radius 2 is 2.00 bits per heavy atom. The summed E-state index contributed by atoms with van der Waals surface area (Å²) in [5.74, 6) is 1.52. The molecule has 0 amide bonds. The van der Waals surface area contributed by atoms with Gasteiger partial charge in [-0.3, -0.25) is 4.79 Å². The molecule has 0 fully saturated rings. The van der Waals surface area contributed by atoms with Gasteiger partial charge in [0.2, 0.25) is 0 Å². The number of hydrogen-bond donors (Lipinski definition) is 0. The third kappa shape index (κ3) is 2.47. The molecule has 0 bridgehead atoms. The van der Waals surface area contributed by atoms with E-state index in [0.717, 1.165) is 19.3 Å². The molecule has 0 heterocycles. The van der Waals surface area contributed by atoms with Crippen LogP contribution in [0.2, 0.25) is 0 Å². The van der Waals surface area contributed by atoms with Crippen LogP contribution in [0.1, 0.15) is 40.0 Å². The third-order valence-electron chi connectivity index (χ3n) is 2.79. The van der Waals surface area contributed by atoms with E-state index in [4.69, 9.17) is 0 Å². The minimum absolute atomic E-state index is 0.432. The van der Waals surface area contributed by atoms with Crippen molar-refractivity contribution in [2.75, 3.05) is 0 Å². The van der Waals surface area contributed by atoms with Gasteiger partial charge < -0.3 is 0 Å². The van der Waals surface area contributed by atoms with E-state index in [1.807, 2.05) is 0 Å². The highest BCUT2D eigenvalue weighted by Crippen LogP contribution is 2.23. The van der Waals surface area contributed by atoms with Gasteiger partial charge in [-0.2, -0.15) is 0 Å². The number of ketones is 1. The fraction of sp³-hybridized carbons (Fsp3) is 0.727. The highest BCUT2D eigenvalue weighted by atomic mass is 16.1. The summed E-state index contributed by atoms with van der Waals surface area (Å²) in [6, 6.07) is 0. The molecule has 0 N–H and O–H groups in total. The van der Waals surface area contributed by atoms with Crippen molar-refractivity contribution in [3.63, 3.8) is 0 Å². The monoisotopic (exact) mass is 166 g/mol. The molecule has 1 nitrogen and oxygen atoms in total. The molecule has 0 aromatic rings. The predicted molar refractivity (Wildman–Crippen MR) is 50.9 cm³/mol. The first kappa shape index (κ1) is 9.50. The molecule has 1 rings (SSSR count). The molecule has 0 saturated heterocycles. The molecule has 0 spiro atoms. The van der Waals surface area contributed by atoms with E-state index in [-0.39, 0.29) is 0 Å². The highest BCUT2D eigenvalue weighted by molar-refractivity contribution is 5.79. The quantitative estimate of drug-likeness (QED) is 0.506. The predicted octanol–water partition coefficient (Wildman–Crippen LogP) is 2.96. The van der Waals surface area contributed by atoms with Crippen LogP contribution in [0.3, 0.4) is 0 Å². The summed E-state index contributed by atoms with van der Waals surface area (Å²) in [7, 11) is 0. The van der Waals surface area contributed by atoms with Gasteiger partial charge in [0.1, 0.15) is 5.78 Å². The number of carbonyl (C=O) groups is 1. The molecule has 0 saturated carbocycles. The number of hydrogen-bond acceptors (Lipinski definition) is 1. The Morgan fingerprint density at radius 1 is 1.33 bits per heavy atom. The van der Waals surface area contributed by atoms with Crippen molar-refractivity contribution in [3.8, 4) is 0 Å². The van der Waals surface area contributed by atoms with Gasteiger partial charge in [0, 0.05) is 12.8 Å². The van der Waals surface area contributed by atoms with Crippen molar-refractivity contribution in [2.24, 2.45) is 11.8 Å². The van der Waals surface area contributed by atoms with Gasteiger partial charge in [-0.15, -0.1) is 0 Å². The van der Waals surface area contributed by atoms with Crippen molar-refractivity contribution in [1.82, 2.24) is 0 Å². The summed E-state index contributed by atoms with van der Waals surface area (Å²) in [6.45, 7) is 6.49. The highest BCUT2D eigenvalue weighted by Gasteiger charge is 2.16. The lowest BCUT2D eigenvalue weighted by Gasteiger charge is -2.19. The SMILES string of the molecule is CC1=C[C@@H](C)[C@@H](C)CC(=O)CC1. The van der Waals surface area contributed by atoms with Crippen molar-refractivity contribution in [2.45, 2.75) is 40.0 Å². The molecule has 1 aliphatic rings. The topological polar surface area (TPSA) is 17.1 Å². The van der Waals surface area contributed by atoms with Crippen LogP contribution in [-0.2, 0) is 4.79 Å². The Hall–Kier alpha value is -0.590. The van der Waals surface area contributed by atoms with E-state index in [1.54, 1.807) is 0 Å². The van der Waals surface area contributed by atoms with Gasteiger partial charge in [0.05, 0.1) is 0 Å². The summed E-state index contributed by atoms with van der Waals surface area (Å²) in [5, 5.41) is 0. The maximum Gasteiger partial charge on any atom is 0.133 e. The number of rotatable bonds is 0. The van der Waals surface area contributed by atoms with Gasteiger partial charge in [-0.05, 0) is 25.2 Å². The maximum absolute atomic E-state index is 11.3. The molecule has 2 atom stereocenters. The van der Waals surface area contributed by atoms with E-state index in [0.29, 0.717) is 17.6 Å². The average Bonchev–Trinajstić information content (AvgIpc) is 1.99. The molecular formula is C11H18O. The van der Waals surface area contributed by atoms with Gasteiger partial charge in [-0.1, -0.05) is 25.5 Å². The van der Waals surface area contributed by atoms with E-state index in [9.17, 15) is 4.79 Å². The zero-order valence-corrected chi connectivity index (χ0v) is 8.26. The molecular weight excluding hydrogens is 148 g/mol. The molecule has 0 aromatic heterocycles. The Balaban J connectivity index is 2.71. The molecule has 0 aliphatic heterocycles. The maximum atomic E-state index is 11.3. The fourth-order valence-electron chi connectivity index (χ4n) is 1.68. The van der Waals surface area contributed by atoms with E-state index < -0.39 is 0 Å². The van der Waals surface area contributed by atoms with Crippen molar-refractivity contribution in [3.05, 3.63) is 11.6 Å². The smallest absolute Gasteiger partial charge is 0.133 e. The van der Waals surface area contributed by atoms with E-state index in [1.165, 1.54) is 5.57 Å². The van der Waals surface area contributed by atoms with E-state index >= 15 is 0 Å². The van der Waals surface area contributed by atoms with Gasteiger partial charge >= 0.3 is 0 Å². The van der Waals surface area contributed by atoms with Crippen molar-refractivity contribution < 1.29 is 4.79 Å². The summed E-state index contributed by atoms with van der Waals surface area (Å²) in [5.41, 5.74) is 1.38. The van der Waals surface area contributed by atoms with Gasteiger partial charge in [0.15, 0.2) is 0 Å². The molecule has 0 radical (unpaired) electrons. The second-order valence-corrected chi connectivity index (χ2v) is 4.09. The first-order chi connectivity index (χ1) is 5.59. The summed E-state index contributed by atoms with van der Waals surface area (Å²) < 4.78 is 0. The second-order valence-electron chi connectivity index (χ2n) is 4.09.